The predicted molar refractivity (Wildman–Crippen MR) is 124 cm³/mol. The fourth-order valence-corrected chi connectivity index (χ4v) is 4.27. The predicted octanol–water partition coefficient (Wildman–Crippen LogP) is 5.22. The minimum Gasteiger partial charge on any atom is -0.462 e. The average molecular weight is 493 g/mol. The summed E-state index contributed by atoms with van der Waals surface area (Å²) in [5.74, 6) is -1.16. The largest absolute Gasteiger partial charge is 0.462 e. The molecule has 0 aliphatic carbocycles. The third-order valence-electron chi connectivity index (χ3n) is 4.24. The Kier molecular flexibility index (Phi) is 7.40. The molecule has 0 saturated heterocycles. The van der Waals surface area contributed by atoms with Crippen molar-refractivity contribution in [1.82, 2.24) is 0 Å². The second-order valence-electron chi connectivity index (χ2n) is 6.48. The van der Waals surface area contributed by atoms with Gasteiger partial charge in [0.25, 0.3) is 15.9 Å². The van der Waals surface area contributed by atoms with Crippen LogP contribution in [-0.2, 0) is 14.8 Å². The van der Waals surface area contributed by atoms with Crippen LogP contribution in [0.4, 0.5) is 11.4 Å². The molecular formula is C22H18Cl2N2O5S. The van der Waals surface area contributed by atoms with Crippen molar-refractivity contribution in [2.45, 2.75) is 11.8 Å². The molecule has 0 atom stereocenters. The lowest BCUT2D eigenvalue weighted by Crippen LogP contribution is -2.16. The molecule has 0 unspecified atom stereocenters. The van der Waals surface area contributed by atoms with Crippen molar-refractivity contribution < 1.29 is 22.7 Å². The topological polar surface area (TPSA) is 102 Å². The number of carbonyl (C=O) groups excluding carboxylic acids is 2. The maximum atomic E-state index is 12.7. The summed E-state index contributed by atoms with van der Waals surface area (Å²) in [6.07, 6.45) is 0. The molecule has 0 aromatic heterocycles. The highest BCUT2D eigenvalue weighted by atomic mass is 35.5. The third kappa shape index (κ3) is 5.59. The first-order chi connectivity index (χ1) is 15.2. The van der Waals surface area contributed by atoms with E-state index in [9.17, 15) is 18.0 Å². The van der Waals surface area contributed by atoms with Crippen molar-refractivity contribution in [3.05, 3.63) is 87.9 Å². The summed E-state index contributed by atoms with van der Waals surface area (Å²) < 4.78 is 32.4. The van der Waals surface area contributed by atoms with Crippen molar-refractivity contribution in [1.29, 1.82) is 0 Å². The monoisotopic (exact) mass is 492 g/mol. The Morgan fingerprint density at radius 2 is 1.56 bits per heavy atom. The maximum Gasteiger partial charge on any atom is 0.339 e. The molecule has 0 saturated carbocycles. The van der Waals surface area contributed by atoms with Gasteiger partial charge in [0.1, 0.15) is 0 Å². The number of hydrogen-bond acceptors (Lipinski definition) is 5. The van der Waals surface area contributed by atoms with E-state index in [2.05, 4.69) is 10.0 Å². The first kappa shape index (κ1) is 23.6. The van der Waals surface area contributed by atoms with Gasteiger partial charge in [0.05, 0.1) is 32.7 Å². The first-order valence-electron chi connectivity index (χ1n) is 9.36. The summed E-state index contributed by atoms with van der Waals surface area (Å²) in [6, 6.07) is 16.3. The zero-order chi connectivity index (χ0) is 23.3. The van der Waals surface area contributed by atoms with Gasteiger partial charge in [0, 0.05) is 11.4 Å². The molecule has 0 aliphatic rings. The fraction of sp³-hybridized carbons (Fsp3) is 0.0909. The Hall–Kier alpha value is -3.07. The van der Waals surface area contributed by atoms with E-state index in [0.717, 1.165) is 0 Å². The highest BCUT2D eigenvalue weighted by Gasteiger charge is 2.18. The highest BCUT2D eigenvalue weighted by Crippen LogP contribution is 2.26. The molecule has 1 amide bonds. The van der Waals surface area contributed by atoms with Crippen molar-refractivity contribution in [2.75, 3.05) is 16.6 Å². The Morgan fingerprint density at radius 1 is 0.875 bits per heavy atom. The van der Waals surface area contributed by atoms with Crippen molar-refractivity contribution in [3.63, 3.8) is 0 Å². The number of hydrogen-bond donors (Lipinski definition) is 2. The number of benzene rings is 3. The highest BCUT2D eigenvalue weighted by molar-refractivity contribution is 7.92. The molecule has 0 heterocycles. The molecule has 3 aromatic rings. The lowest BCUT2D eigenvalue weighted by Gasteiger charge is -2.12. The van der Waals surface area contributed by atoms with Gasteiger partial charge in [-0.15, -0.1) is 0 Å². The summed E-state index contributed by atoms with van der Waals surface area (Å²) in [5.41, 5.74) is 0.700. The average Bonchev–Trinajstić information content (AvgIpc) is 2.75. The standard InChI is InChI=1S/C22H18Cl2N2O5S/c1-2-31-22(28)17-10-8-14(13-20(17)24)25-21(27)18-12-15(9-11-19(18)23)26-32(29,30)16-6-4-3-5-7-16/h3-13,26H,2H2,1H3,(H,25,27). The molecule has 166 valence electrons. The molecule has 3 aromatic carbocycles. The van der Waals surface area contributed by atoms with Gasteiger partial charge in [0.2, 0.25) is 0 Å². The molecule has 0 bridgehead atoms. The van der Waals surface area contributed by atoms with Crippen LogP contribution in [0.15, 0.2) is 71.6 Å². The number of rotatable bonds is 7. The first-order valence-corrected chi connectivity index (χ1v) is 11.6. The van der Waals surface area contributed by atoms with Crippen LogP contribution in [0, 0.1) is 0 Å². The maximum absolute atomic E-state index is 12.7. The number of carbonyl (C=O) groups is 2. The molecular weight excluding hydrogens is 475 g/mol. The van der Waals surface area contributed by atoms with E-state index in [-0.39, 0.29) is 38.4 Å². The number of anilines is 2. The van der Waals surface area contributed by atoms with Gasteiger partial charge in [-0.1, -0.05) is 41.4 Å². The summed E-state index contributed by atoms with van der Waals surface area (Å²) >= 11 is 12.3. The smallest absolute Gasteiger partial charge is 0.339 e. The molecule has 32 heavy (non-hydrogen) atoms. The van der Waals surface area contributed by atoms with Crippen LogP contribution in [0.3, 0.4) is 0 Å². The van der Waals surface area contributed by atoms with E-state index >= 15 is 0 Å². The van der Waals surface area contributed by atoms with Crippen molar-refractivity contribution in [3.8, 4) is 0 Å². The quantitative estimate of drug-likeness (QED) is 0.440. The zero-order valence-corrected chi connectivity index (χ0v) is 19.1. The van der Waals surface area contributed by atoms with Gasteiger partial charge < -0.3 is 10.1 Å². The second-order valence-corrected chi connectivity index (χ2v) is 8.98. The molecule has 2 N–H and O–H groups in total. The number of ether oxygens (including phenoxy) is 1. The lowest BCUT2D eigenvalue weighted by atomic mass is 10.1. The molecule has 0 aliphatic heterocycles. The summed E-state index contributed by atoms with van der Waals surface area (Å²) in [5, 5.41) is 2.86. The van der Waals surface area contributed by atoms with Crippen molar-refractivity contribution >= 4 is 56.5 Å². The minimum atomic E-state index is -3.84. The summed E-state index contributed by atoms with van der Waals surface area (Å²) in [4.78, 5) is 24.7. The van der Waals surface area contributed by atoms with Crippen LogP contribution in [0.25, 0.3) is 0 Å². The number of amides is 1. The molecule has 0 spiro atoms. The van der Waals surface area contributed by atoms with Crippen LogP contribution in [-0.4, -0.2) is 26.9 Å². The Labute approximate surface area is 195 Å². The normalized spacial score (nSPS) is 11.0. The minimum absolute atomic E-state index is 0.0468. The van der Waals surface area contributed by atoms with E-state index in [0.29, 0.717) is 5.69 Å². The summed E-state index contributed by atoms with van der Waals surface area (Å²) in [7, 11) is -3.84. The summed E-state index contributed by atoms with van der Waals surface area (Å²) in [6.45, 7) is 1.88. The molecule has 3 rings (SSSR count). The van der Waals surface area contributed by atoms with Crippen LogP contribution >= 0.6 is 23.2 Å². The van der Waals surface area contributed by atoms with E-state index in [1.54, 1.807) is 25.1 Å². The SMILES string of the molecule is CCOC(=O)c1ccc(NC(=O)c2cc(NS(=O)(=O)c3ccccc3)ccc2Cl)cc1Cl. The van der Waals surface area contributed by atoms with Crippen LogP contribution in [0.2, 0.25) is 10.0 Å². The van der Waals surface area contributed by atoms with Gasteiger partial charge in [-0.05, 0) is 55.5 Å². The number of sulfonamides is 1. The van der Waals surface area contributed by atoms with Crippen LogP contribution in [0.5, 0.6) is 0 Å². The molecule has 10 heteroatoms. The molecule has 7 nitrogen and oxygen atoms in total. The van der Waals surface area contributed by atoms with Gasteiger partial charge in [-0.3, -0.25) is 9.52 Å². The second kappa shape index (κ2) is 10.0. The number of esters is 1. The van der Waals surface area contributed by atoms with Gasteiger partial charge in [-0.25, -0.2) is 13.2 Å². The van der Waals surface area contributed by atoms with E-state index < -0.39 is 21.9 Å². The Bertz CT molecular complexity index is 1260. The van der Waals surface area contributed by atoms with Gasteiger partial charge in [0.15, 0.2) is 0 Å². The molecule has 0 radical (unpaired) electrons. The zero-order valence-electron chi connectivity index (χ0n) is 16.8. The fourth-order valence-electron chi connectivity index (χ4n) is 2.74. The number of nitrogens with one attached hydrogen (secondary N) is 2. The van der Waals surface area contributed by atoms with Gasteiger partial charge >= 0.3 is 5.97 Å². The van der Waals surface area contributed by atoms with E-state index in [1.807, 2.05) is 0 Å². The third-order valence-corrected chi connectivity index (χ3v) is 6.28. The number of halogens is 2. The Balaban J connectivity index is 1.80. The van der Waals surface area contributed by atoms with Crippen LogP contribution in [0.1, 0.15) is 27.6 Å². The van der Waals surface area contributed by atoms with E-state index in [1.165, 1.54) is 48.5 Å². The molecule has 0 fully saturated rings. The van der Waals surface area contributed by atoms with Gasteiger partial charge in [-0.2, -0.15) is 0 Å². The Morgan fingerprint density at radius 3 is 2.22 bits per heavy atom. The lowest BCUT2D eigenvalue weighted by molar-refractivity contribution is 0.0526. The van der Waals surface area contributed by atoms with Crippen molar-refractivity contribution in [2.24, 2.45) is 0 Å². The van der Waals surface area contributed by atoms with E-state index in [4.69, 9.17) is 27.9 Å². The van der Waals surface area contributed by atoms with Crippen LogP contribution < -0.4 is 10.0 Å².